The Hall–Kier alpha value is -2.03. The normalized spacial score (nSPS) is 27.1. The van der Waals surface area contributed by atoms with Crippen molar-refractivity contribution in [1.29, 1.82) is 0 Å². The predicted octanol–water partition coefficient (Wildman–Crippen LogP) is 3.48. The fraction of sp³-hybridized carbons (Fsp3) is 0.759. The summed E-state index contributed by atoms with van der Waals surface area (Å²) < 4.78 is 5.53. The first-order valence-electron chi connectivity index (χ1n) is 14.2. The summed E-state index contributed by atoms with van der Waals surface area (Å²) in [6, 6.07) is 3.17. The maximum Gasteiger partial charge on any atom is 0.248 e. The minimum absolute atomic E-state index is 0.0186. The number of carbonyl (C=O) groups excluding carboxylic acids is 2. The van der Waals surface area contributed by atoms with Gasteiger partial charge in [0, 0.05) is 26.4 Å². The molecular formula is C29H48N4O4. The average Bonchev–Trinajstić information content (AvgIpc) is 3.68. The molecule has 37 heavy (non-hydrogen) atoms. The molecular weight excluding hydrogens is 468 g/mol. The zero-order chi connectivity index (χ0) is 27.0. The summed E-state index contributed by atoms with van der Waals surface area (Å²) in [5, 5.41) is 17.9. The Morgan fingerprint density at radius 1 is 1.22 bits per heavy atom. The van der Waals surface area contributed by atoms with Crippen molar-refractivity contribution in [3.63, 3.8) is 0 Å². The summed E-state index contributed by atoms with van der Waals surface area (Å²) >= 11 is 0. The van der Waals surface area contributed by atoms with Crippen LogP contribution in [0.4, 0.5) is 0 Å². The topological polar surface area (TPSA) is 104 Å². The van der Waals surface area contributed by atoms with Crippen LogP contribution < -0.4 is 10.6 Å². The van der Waals surface area contributed by atoms with Crippen LogP contribution in [-0.2, 0) is 19.9 Å². The monoisotopic (exact) mass is 516 g/mol. The molecule has 0 bridgehead atoms. The van der Waals surface area contributed by atoms with Crippen molar-refractivity contribution in [1.82, 2.24) is 20.5 Å². The number of rotatable bonds is 6. The highest BCUT2D eigenvalue weighted by Crippen LogP contribution is 2.45. The summed E-state index contributed by atoms with van der Waals surface area (Å²) in [5.74, 6) is 0.315. The number of pyridine rings is 1. The number of ether oxygens (including phenoxy) is 1. The van der Waals surface area contributed by atoms with Gasteiger partial charge in [0.2, 0.25) is 11.8 Å². The van der Waals surface area contributed by atoms with E-state index >= 15 is 0 Å². The van der Waals surface area contributed by atoms with E-state index in [-0.39, 0.29) is 24.0 Å². The van der Waals surface area contributed by atoms with Gasteiger partial charge in [0.25, 0.3) is 0 Å². The number of amides is 2. The van der Waals surface area contributed by atoms with E-state index in [9.17, 15) is 14.7 Å². The number of nitrogens with zero attached hydrogens (tertiary/aromatic N) is 2. The maximum atomic E-state index is 13.1. The molecule has 2 heterocycles. The first kappa shape index (κ1) is 29.5. The average molecular weight is 517 g/mol. The Labute approximate surface area is 222 Å². The molecule has 0 radical (unpaired) electrons. The number of nitrogens with one attached hydrogen (secondary N) is 2. The van der Waals surface area contributed by atoms with Crippen molar-refractivity contribution in [2.45, 2.75) is 109 Å². The minimum Gasteiger partial charge on any atom is -0.390 e. The largest absolute Gasteiger partial charge is 0.390 e. The van der Waals surface area contributed by atoms with E-state index in [1.54, 1.807) is 14.0 Å². The van der Waals surface area contributed by atoms with Gasteiger partial charge in [-0.2, -0.15) is 0 Å². The van der Waals surface area contributed by atoms with Gasteiger partial charge in [-0.1, -0.05) is 46.5 Å². The zero-order valence-electron chi connectivity index (χ0n) is 23.5. The predicted molar refractivity (Wildman–Crippen MR) is 145 cm³/mol. The van der Waals surface area contributed by atoms with Crippen molar-refractivity contribution >= 4 is 11.8 Å². The Kier molecular flexibility index (Phi) is 10.9. The second-order valence-corrected chi connectivity index (χ2v) is 11.6. The van der Waals surface area contributed by atoms with E-state index in [0.717, 1.165) is 50.6 Å². The van der Waals surface area contributed by atoms with E-state index in [0.29, 0.717) is 31.4 Å². The standard InChI is InChI=1S/C29H48N4O4/c1-20(2)23-11-14-30-26(17-23)29(12-13-29)31-18-25(34)24-16-21(3)10-8-6-7-9-15-37-19-27(35)33(5)22(4)28(36)32-24/h11,14,17,20-22,24-25,31,34H,6-10,12-13,15-16,18-19H2,1-5H3,(H,32,36)/t21-,22+,24+,25-/m1/s1. The van der Waals surface area contributed by atoms with Gasteiger partial charge < -0.3 is 25.4 Å². The van der Waals surface area contributed by atoms with Gasteiger partial charge in [0.1, 0.15) is 12.6 Å². The summed E-state index contributed by atoms with van der Waals surface area (Å²) in [4.78, 5) is 31.7. The molecule has 1 aliphatic heterocycles. The van der Waals surface area contributed by atoms with Gasteiger partial charge in [-0.3, -0.25) is 14.6 Å². The second-order valence-electron chi connectivity index (χ2n) is 11.6. The molecule has 1 saturated heterocycles. The second kappa shape index (κ2) is 13.7. The molecule has 2 aliphatic rings. The fourth-order valence-electron chi connectivity index (χ4n) is 5.03. The van der Waals surface area contributed by atoms with Gasteiger partial charge in [-0.15, -0.1) is 0 Å². The highest BCUT2D eigenvalue weighted by atomic mass is 16.5. The molecule has 1 aromatic heterocycles. The smallest absolute Gasteiger partial charge is 0.248 e. The zero-order valence-corrected chi connectivity index (χ0v) is 23.5. The molecule has 1 saturated carbocycles. The van der Waals surface area contributed by atoms with Crippen molar-refractivity contribution in [3.05, 3.63) is 29.6 Å². The molecule has 1 aromatic rings. The third kappa shape index (κ3) is 8.48. The van der Waals surface area contributed by atoms with Gasteiger partial charge in [0.05, 0.1) is 23.4 Å². The number of aliphatic hydroxyl groups excluding tert-OH is 1. The summed E-state index contributed by atoms with van der Waals surface area (Å²) in [6.45, 7) is 9.17. The molecule has 3 N–H and O–H groups in total. The lowest BCUT2D eigenvalue weighted by Crippen LogP contribution is -2.54. The molecule has 8 nitrogen and oxygen atoms in total. The van der Waals surface area contributed by atoms with E-state index in [4.69, 9.17) is 4.74 Å². The molecule has 0 unspecified atom stereocenters. The highest BCUT2D eigenvalue weighted by Gasteiger charge is 2.46. The summed E-state index contributed by atoms with van der Waals surface area (Å²) in [5.41, 5.74) is 2.08. The quantitative estimate of drug-likeness (QED) is 0.535. The lowest BCUT2D eigenvalue weighted by molar-refractivity contribution is -0.142. The van der Waals surface area contributed by atoms with Crippen LogP contribution in [0.2, 0.25) is 0 Å². The van der Waals surface area contributed by atoms with Crippen LogP contribution in [0.25, 0.3) is 0 Å². The van der Waals surface area contributed by atoms with Crippen LogP contribution >= 0.6 is 0 Å². The third-order valence-corrected chi connectivity index (χ3v) is 8.10. The van der Waals surface area contributed by atoms with Crippen molar-refractivity contribution in [3.8, 4) is 0 Å². The third-order valence-electron chi connectivity index (χ3n) is 8.10. The first-order valence-corrected chi connectivity index (χ1v) is 14.2. The molecule has 4 atom stereocenters. The van der Waals surface area contributed by atoms with Crippen LogP contribution in [0.5, 0.6) is 0 Å². The molecule has 208 valence electrons. The number of hydrogen-bond acceptors (Lipinski definition) is 6. The highest BCUT2D eigenvalue weighted by molar-refractivity contribution is 5.87. The van der Waals surface area contributed by atoms with Crippen molar-refractivity contribution in [2.75, 3.05) is 26.8 Å². The first-order chi connectivity index (χ1) is 17.6. The summed E-state index contributed by atoms with van der Waals surface area (Å²) in [6.07, 6.45) is 9.05. The van der Waals surface area contributed by atoms with Crippen LogP contribution in [0, 0.1) is 5.92 Å². The molecule has 8 heteroatoms. The molecule has 1 aliphatic carbocycles. The van der Waals surface area contributed by atoms with Crippen LogP contribution in [-0.4, -0.2) is 71.8 Å². The number of carbonyl (C=O) groups is 2. The lowest BCUT2D eigenvalue weighted by Gasteiger charge is -2.31. The number of hydrogen-bond donors (Lipinski definition) is 3. The van der Waals surface area contributed by atoms with E-state index < -0.39 is 18.2 Å². The Morgan fingerprint density at radius 2 is 1.95 bits per heavy atom. The molecule has 2 amide bonds. The molecule has 2 fully saturated rings. The fourth-order valence-corrected chi connectivity index (χ4v) is 5.03. The van der Waals surface area contributed by atoms with Crippen molar-refractivity contribution in [2.24, 2.45) is 5.92 Å². The van der Waals surface area contributed by atoms with E-state index in [1.165, 1.54) is 10.5 Å². The Bertz CT molecular complexity index is 888. The van der Waals surface area contributed by atoms with Gasteiger partial charge >= 0.3 is 0 Å². The summed E-state index contributed by atoms with van der Waals surface area (Å²) in [7, 11) is 1.63. The van der Waals surface area contributed by atoms with Gasteiger partial charge in [-0.05, 0) is 62.1 Å². The minimum atomic E-state index is -0.757. The SMILES string of the molecule is CC(C)c1ccnc(C2(NC[C@@H](O)[C@@H]3C[C@H](C)CCCCCCOCC(=O)N(C)[C@@H](C)C(=O)N3)CC2)c1. The molecule has 0 spiro atoms. The Balaban J connectivity index is 1.68. The van der Waals surface area contributed by atoms with Crippen LogP contribution in [0.3, 0.4) is 0 Å². The lowest BCUT2D eigenvalue weighted by atomic mass is 9.92. The molecule has 0 aromatic carbocycles. The van der Waals surface area contributed by atoms with E-state index in [1.807, 2.05) is 6.20 Å². The van der Waals surface area contributed by atoms with E-state index in [2.05, 4.69) is 48.5 Å². The number of aliphatic hydroxyl groups is 1. The van der Waals surface area contributed by atoms with Crippen LogP contribution in [0.15, 0.2) is 18.3 Å². The van der Waals surface area contributed by atoms with Gasteiger partial charge in [-0.25, -0.2) is 0 Å². The number of aromatic nitrogens is 1. The Morgan fingerprint density at radius 3 is 2.65 bits per heavy atom. The van der Waals surface area contributed by atoms with Crippen LogP contribution in [0.1, 0.15) is 96.2 Å². The number of likely N-dealkylation sites (N-methyl/N-ethyl adjacent to an activating group) is 1. The molecule has 3 rings (SSSR count). The van der Waals surface area contributed by atoms with Crippen molar-refractivity contribution < 1.29 is 19.4 Å². The van der Waals surface area contributed by atoms with Gasteiger partial charge in [0.15, 0.2) is 0 Å². The maximum absolute atomic E-state index is 13.1.